The Bertz CT molecular complexity index is 2800. The van der Waals surface area contributed by atoms with Gasteiger partial charge >= 0.3 is 0 Å². The van der Waals surface area contributed by atoms with Gasteiger partial charge in [-0.05, 0) is 53.6 Å². The lowest BCUT2D eigenvalue weighted by molar-refractivity contribution is 0.669. The van der Waals surface area contributed by atoms with Crippen molar-refractivity contribution < 1.29 is 4.42 Å². The van der Waals surface area contributed by atoms with Gasteiger partial charge in [0, 0.05) is 38.4 Å². The van der Waals surface area contributed by atoms with Crippen LogP contribution in [0.25, 0.3) is 94.5 Å². The van der Waals surface area contributed by atoms with E-state index in [-0.39, 0.29) is 0 Å². The van der Waals surface area contributed by atoms with Crippen molar-refractivity contribution in [1.82, 2.24) is 14.5 Å². The first-order valence-corrected chi connectivity index (χ1v) is 16.8. The summed E-state index contributed by atoms with van der Waals surface area (Å²) < 4.78 is 9.14. The second-order valence-corrected chi connectivity index (χ2v) is 12.5. The minimum atomic E-state index is 0.629. The third-order valence-corrected chi connectivity index (χ3v) is 9.63. The summed E-state index contributed by atoms with van der Waals surface area (Å²) >= 11 is 0. The van der Waals surface area contributed by atoms with E-state index in [1.54, 1.807) is 0 Å². The summed E-state index contributed by atoms with van der Waals surface area (Å²) in [6.07, 6.45) is 0. The normalized spacial score (nSPS) is 11.6. The van der Waals surface area contributed by atoms with E-state index in [9.17, 15) is 0 Å². The van der Waals surface area contributed by atoms with Gasteiger partial charge in [-0.1, -0.05) is 133 Å². The molecule has 0 aliphatic heterocycles. The Balaban J connectivity index is 1.22. The highest BCUT2D eigenvalue weighted by Gasteiger charge is 2.21. The first-order chi connectivity index (χ1) is 24.8. The van der Waals surface area contributed by atoms with Crippen LogP contribution in [0.1, 0.15) is 0 Å². The molecule has 0 spiro atoms. The topological polar surface area (TPSA) is 43.9 Å². The summed E-state index contributed by atoms with van der Waals surface area (Å²) in [5, 5.41) is 4.55. The Kier molecular flexibility index (Phi) is 6.46. The molecule has 0 amide bonds. The Morgan fingerprint density at radius 1 is 0.420 bits per heavy atom. The number of benzene rings is 7. The standard InChI is InChI=1S/C46H29N3O/c1-4-15-30(16-5-1)38-29-39(31-17-6-2-7-18-31)48-46(47-38)37-25-12-24-36-44-34(23-14-28-42(44)50-45(36)37)33-22-13-27-41-43(33)35-21-10-11-26-40(35)49(41)32-19-8-3-9-20-32/h1-29H. The van der Waals surface area contributed by atoms with E-state index in [1.165, 1.54) is 27.4 Å². The fourth-order valence-corrected chi connectivity index (χ4v) is 7.43. The molecule has 4 nitrogen and oxygen atoms in total. The van der Waals surface area contributed by atoms with E-state index in [0.717, 1.165) is 61.3 Å². The number of furan rings is 1. The molecule has 10 rings (SSSR count). The molecule has 234 valence electrons. The molecule has 0 N–H and O–H groups in total. The third-order valence-electron chi connectivity index (χ3n) is 9.63. The van der Waals surface area contributed by atoms with Gasteiger partial charge in [-0.2, -0.15) is 0 Å². The van der Waals surface area contributed by atoms with Gasteiger partial charge in [0.05, 0.1) is 28.0 Å². The second-order valence-electron chi connectivity index (χ2n) is 12.5. The molecular formula is C46H29N3O. The lowest BCUT2D eigenvalue weighted by atomic mass is 9.95. The summed E-state index contributed by atoms with van der Waals surface area (Å²) in [7, 11) is 0. The van der Waals surface area contributed by atoms with Gasteiger partial charge in [0.25, 0.3) is 0 Å². The van der Waals surface area contributed by atoms with Gasteiger partial charge in [-0.3, -0.25) is 0 Å². The molecule has 0 aliphatic carbocycles. The van der Waals surface area contributed by atoms with Crippen molar-refractivity contribution in [3.63, 3.8) is 0 Å². The average molecular weight is 640 g/mol. The van der Waals surface area contributed by atoms with Crippen LogP contribution in [0.4, 0.5) is 0 Å². The lowest BCUT2D eigenvalue weighted by Gasteiger charge is -2.10. The molecule has 0 bridgehead atoms. The Morgan fingerprint density at radius 2 is 0.960 bits per heavy atom. The first kappa shape index (κ1) is 28.3. The van der Waals surface area contributed by atoms with Crippen molar-refractivity contribution in [3.8, 4) is 50.7 Å². The average Bonchev–Trinajstić information content (AvgIpc) is 3.75. The zero-order valence-electron chi connectivity index (χ0n) is 27.0. The van der Waals surface area contributed by atoms with Gasteiger partial charge in [-0.15, -0.1) is 0 Å². The van der Waals surface area contributed by atoms with Crippen LogP contribution in [-0.2, 0) is 0 Å². The van der Waals surface area contributed by atoms with Crippen LogP contribution < -0.4 is 0 Å². The molecular weight excluding hydrogens is 611 g/mol. The predicted molar refractivity (Wildman–Crippen MR) is 205 cm³/mol. The molecule has 0 saturated carbocycles. The molecule has 0 atom stereocenters. The van der Waals surface area contributed by atoms with E-state index in [2.05, 4.69) is 144 Å². The second kappa shape index (κ2) is 11.4. The first-order valence-electron chi connectivity index (χ1n) is 16.8. The van der Waals surface area contributed by atoms with Gasteiger partial charge in [0.2, 0.25) is 0 Å². The van der Waals surface area contributed by atoms with E-state index in [4.69, 9.17) is 14.4 Å². The van der Waals surface area contributed by atoms with Gasteiger partial charge in [-0.25, -0.2) is 9.97 Å². The highest BCUT2D eigenvalue weighted by Crippen LogP contribution is 2.44. The maximum atomic E-state index is 6.78. The zero-order valence-corrected chi connectivity index (χ0v) is 27.0. The number of para-hydroxylation sites is 3. The number of hydrogen-bond acceptors (Lipinski definition) is 3. The SMILES string of the molecule is c1ccc(-c2cc(-c3ccccc3)nc(-c3cccc4c3oc3cccc(-c5cccc6c5c5ccccc5n6-c5ccccc5)c34)n2)cc1. The molecule has 50 heavy (non-hydrogen) atoms. The smallest absolute Gasteiger partial charge is 0.164 e. The van der Waals surface area contributed by atoms with Crippen molar-refractivity contribution in [1.29, 1.82) is 0 Å². The van der Waals surface area contributed by atoms with E-state index in [1.807, 2.05) is 36.4 Å². The van der Waals surface area contributed by atoms with Crippen LogP contribution in [0, 0.1) is 0 Å². The summed E-state index contributed by atoms with van der Waals surface area (Å²) in [6.45, 7) is 0. The fraction of sp³-hybridized carbons (Fsp3) is 0. The molecule has 0 fully saturated rings. The highest BCUT2D eigenvalue weighted by atomic mass is 16.3. The molecule has 0 unspecified atom stereocenters. The molecule has 4 heteroatoms. The third kappa shape index (κ3) is 4.46. The number of nitrogens with zero attached hydrogens (tertiary/aromatic N) is 3. The van der Waals surface area contributed by atoms with Crippen LogP contribution in [0.5, 0.6) is 0 Å². The molecule has 0 aliphatic rings. The van der Waals surface area contributed by atoms with Crippen LogP contribution in [0.15, 0.2) is 180 Å². The summed E-state index contributed by atoms with van der Waals surface area (Å²) in [6, 6.07) is 61.2. The molecule has 3 aromatic heterocycles. The van der Waals surface area contributed by atoms with E-state index >= 15 is 0 Å². The maximum Gasteiger partial charge on any atom is 0.164 e. The van der Waals surface area contributed by atoms with Crippen molar-refractivity contribution in [2.75, 3.05) is 0 Å². The van der Waals surface area contributed by atoms with Crippen LogP contribution >= 0.6 is 0 Å². The lowest BCUT2D eigenvalue weighted by Crippen LogP contribution is -1.96. The number of fused-ring (bicyclic) bond motifs is 6. The van der Waals surface area contributed by atoms with E-state index in [0.29, 0.717) is 5.82 Å². The summed E-state index contributed by atoms with van der Waals surface area (Å²) in [5.74, 6) is 0.629. The number of hydrogen-bond donors (Lipinski definition) is 0. The van der Waals surface area contributed by atoms with Crippen LogP contribution in [0.2, 0.25) is 0 Å². The Hall–Kier alpha value is -6.78. The predicted octanol–water partition coefficient (Wildman–Crippen LogP) is 12.1. The van der Waals surface area contributed by atoms with Gasteiger partial charge in [0.15, 0.2) is 5.82 Å². The summed E-state index contributed by atoms with van der Waals surface area (Å²) in [4.78, 5) is 10.3. The Labute approximate surface area is 288 Å². The Morgan fingerprint density at radius 3 is 1.68 bits per heavy atom. The largest absolute Gasteiger partial charge is 0.455 e. The van der Waals surface area contributed by atoms with Crippen molar-refractivity contribution in [3.05, 3.63) is 176 Å². The zero-order chi connectivity index (χ0) is 33.0. The monoisotopic (exact) mass is 639 g/mol. The van der Waals surface area contributed by atoms with Gasteiger partial charge < -0.3 is 8.98 Å². The maximum absolute atomic E-state index is 6.78. The molecule has 10 aromatic rings. The number of aromatic nitrogens is 3. The minimum Gasteiger partial charge on any atom is -0.455 e. The quantitative estimate of drug-likeness (QED) is 0.188. The highest BCUT2D eigenvalue weighted by molar-refractivity contribution is 6.21. The van der Waals surface area contributed by atoms with Crippen molar-refractivity contribution in [2.45, 2.75) is 0 Å². The van der Waals surface area contributed by atoms with Crippen molar-refractivity contribution >= 4 is 43.7 Å². The van der Waals surface area contributed by atoms with Crippen molar-refractivity contribution in [2.24, 2.45) is 0 Å². The minimum absolute atomic E-state index is 0.629. The molecule has 3 heterocycles. The fourth-order valence-electron chi connectivity index (χ4n) is 7.43. The molecule has 0 radical (unpaired) electrons. The van der Waals surface area contributed by atoms with E-state index < -0.39 is 0 Å². The van der Waals surface area contributed by atoms with Crippen LogP contribution in [0.3, 0.4) is 0 Å². The number of rotatable bonds is 5. The van der Waals surface area contributed by atoms with Crippen LogP contribution in [-0.4, -0.2) is 14.5 Å². The molecule has 0 saturated heterocycles. The summed E-state index contributed by atoms with van der Waals surface area (Å²) in [5.41, 5.74) is 12.1. The van der Waals surface area contributed by atoms with Gasteiger partial charge in [0.1, 0.15) is 11.2 Å². The molecule has 7 aromatic carbocycles.